The second-order valence-corrected chi connectivity index (χ2v) is 18.2. The number of nitrogens with two attached hydrogens (primary N) is 1. The van der Waals surface area contributed by atoms with Crippen LogP contribution in [0, 0.1) is 194 Å². The minimum atomic E-state index is -5.64. The Morgan fingerprint density at radius 1 is 0.462 bits per heavy atom. The fourth-order valence-corrected chi connectivity index (χ4v) is 8.17. The van der Waals surface area contributed by atoms with Crippen LogP contribution in [0.4, 0.5) is 26.3 Å². The number of nitriles is 1. The summed E-state index contributed by atoms with van der Waals surface area (Å²) in [6.45, 7) is 64.2. The third-order valence-electron chi connectivity index (χ3n) is 14.0. The van der Waals surface area contributed by atoms with E-state index >= 15 is 0 Å². The Hall–Kier alpha value is -2.69. The minimum absolute atomic E-state index is 0. The van der Waals surface area contributed by atoms with E-state index in [1.807, 2.05) is 47.7 Å². The number of hydrogen-bond acceptors (Lipinski definition) is 11. The second-order valence-electron chi connectivity index (χ2n) is 18.2. The first-order valence-corrected chi connectivity index (χ1v) is 26.4. The molecule has 4 aromatic heterocycles. The number of carboxylic acids is 1. The van der Waals surface area contributed by atoms with Crippen molar-refractivity contribution in [2.24, 2.45) is 5.90 Å². The number of benzene rings is 4. The third-order valence-corrected chi connectivity index (χ3v) is 14.0. The molecule has 0 unspecified atom stereocenters. The molecule has 14 nitrogen and oxygen atoms in total. The van der Waals surface area contributed by atoms with E-state index in [1.54, 1.807) is 38.6 Å². The van der Waals surface area contributed by atoms with Gasteiger partial charge in [-0.15, -0.1) is 83.8 Å². The number of carbonyl (C=O) groups is 2. The zero-order valence-electron chi connectivity index (χ0n) is 57.4. The van der Waals surface area contributed by atoms with Crippen molar-refractivity contribution in [1.82, 2.24) is 19.9 Å². The number of hydrogen-bond donors (Lipinski definition) is 2. The van der Waals surface area contributed by atoms with E-state index in [2.05, 4.69) is 172 Å². The summed E-state index contributed by atoms with van der Waals surface area (Å²) in [4.78, 5) is 44.0. The molecule has 0 saturated heterocycles. The van der Waals surface area contributed by atoms with Gasteiger partial charge < -0.3 is 63.1 Å². The first kappa shape index (κ1) is 109. The molecule has 4 heterocycles. The largest absolute Gasteiger partial charge is 1.00 e. The molecule has 0 saturated carbocycles. The molecule has 4 aromatic carbocycles. The summed E-state index contributed by atoms with van der Waals surface area (Å²) in [5.74, 6) is 3.26. The Kier molecular flexibility index (Phi) is 62.4. The fourth-order valence-electron chi connectivity index (χ4n) is 8.17. The van der Waals surface area contributed by atoms with Crippen LogP contribution in [-0.4, -0.2) is 55.2 Å². The smallest absolute Gasteiger partial charge is 0.870 e. The molecule has 0 spiro atoms. The Morgan fingerprint density at radius 2 is 0.699 bits per heavy atom. The van der Waals surface area contributed by atoms with Gasteiger partial charge in [-0.1, -0.05) is 124 Å². The van der Waals surface area contributed by atoms with Gasteiger partial charge in [-0.2, -0.15) is 38.3 Å². The molecule has 0 amide bonds. The number of rotatable bonds is 2. The van der Waals surface area contributed by atoms with E-state index in [0.29, 0.717) is 5.56 Å². The van der Waals surface area contributed by atoms with Gasteiger partial charge in [0.15, 0.2) is 0 Å². The van der Waals surface area contributed by atoms with Crippen LogP contribution < -0.4 is 35.5 Å². The van der Waals surface area contributed by atoms with Crippen molar-refractivity contribution in [3.05, 3.63) is 201 Å². The number of aromatic nitrogens is 4. The minimum Gasteiger partial charge on any atom is -0.870 e. The molecule has 4 N–H and O–H groups in total. The Balaban J connectivity index is -0.000000129. The van der Waals surface area contributed by atoms with Gasteiger partial charge in [0.05, 0.1) is 0 Å². The molecule has 0 aliphatic heterocycles. The number of ether oxygens (including phenoxy) is 1. The average molecular weight is 1600 g/mol. The van der Waals surface area contributed by atoms with Gasteiger partial charge in [0.25, 0.3) is 11.9 Å². The number of halogens is 6. The van der Waals surface area contributed by atoms with E-state index in [0.717, 1.165) is 66.0 Å². The van der Waals surface area contributed by atoms with Crippen LogP contribution in [-0.2, 0) is 150 Å². The number of alkyl halides is 6. The Labute approximate surface area is 669 Å². The van der Waals surface area contributed by atoms with Gasteiger partial charge in [0.1, 0.15) is 0 Å². The summed E-state index contributed by atoms with van der Waals surface area (Å²) in [6, 6.07) is 14.6. The summed E-state index contributed by atoms with van der Waals surface area (Å²) in [7, 11) is 0. The molecule has 93 heavy (non-hydrogen) atoms. The molecule has 0 atom stereocenters. The van der Waals surface area contributed by atoms with Crippen LogP contribution >= 0.6 is 0 Å². The molecule has 0 fully saturated rings. The maximum Gasteiger partial charge on any atom is 1.00 e. The molecule has 4 radical (unpaired) electrons. The van der Waals surface area contributed by atoms with E-state index in [4.69, 9.17) is 25.6 Å². The topological polar surface area (TPSA) is 244 Å². The summed E-state index contributed by atoms with van der Waals surface area (Å²) in [6.07, 6.45) is -4.99. The Morgan fingerprint density at radius 3 is 0.957 bits per heavy atom. The van der Waals surface area contributed by atoms with E-state index in [9.17, 15) is 35.9 Å². The summed E-state index contributed by atoms with van der Waals surface area (Å²) < 4.78 is 80.3. The van der Waals surface area contributed by atoms with Crippen molar-refractivity contribution in [3.63, 3.8) is 0 Å². The Bertz CT molecular complexity index is 3710. The van der Waals surface area contributed by atoms with Crippen molar-refractivity contribution in [2.75, 3.05) is 0 Å². The molecule has 25 heteroatoms. The number of aromatic carboxylic acids is 1. The van der Waals surface area contributed by atoms with Crippen LogP contribution in [0.2, 0.25) is 0 Å². The third kappa shape index (κ3) is 31.4. The molecule has 8 rings (SSSR count). The van der Waals surface area contributed by atoms with Crippen molar-refractivity contribution < 1.29 is 226 Å². The molecular weight excluding hydrogens is 1520 g/mol. The van der Waals surface area contributed by atoms with E-state index in [-0.39, 0.29) is 177 Å². The van der Waals surface area contributed by atoms with Gasteiger partial charge in [0.2, 0.25) is 0 Å². The fraction of sp³-hybridized carbons (Fsp3) is 0.338. The summed E-state index contributed by atoms with van der Waals surface area (Å²) in [5.41, 5.74) is 25.0. The number of aryl methyl sites for hydroxylation is 9. The zero-order valence-corrected chi connectivity index (χ0v) is 70.7. The first-order chi connectivity index (χ1) is 40.7. The van der Waals surface area contributed by atoms with Crippen LogP contribution in [0.25, 0.3) is 43.6 Å². The number of nitrogens with zero attached hydrogens (tertiary/aromatic N) is 5. The molecule has 0 aliphatic rings. The van der Waals surface area contributed by atoms with Crippen LogP contribution in [0.15, 0.2) is 24.8 Å². The van der Waals surface area contributed by atoms with E-state index in [1.165, 1.54) is 84.5 Å². The number of fused-ring (bicyclic) bond motifs is 4. The molecule has 8 aromatic rings. The SMILES string of the molecule is Cc1[c-]c2c(C)c(C)c(C)c(C)c2nc1.Cc1c(C)c(C)c2ncc(C#N)[c-]c2c1C.Cc1c(C)c(C)c2ncc(C(=O)O)[c-]c2c1C.Cc1c(C)c(C)c2ncc(C(=O)ON)[c-]c2c1C.FC(F)(F)OC(F)(F)F.[C-]#[O+].[C-]#[O+].[CH2-]C.[CH2-]C.[CH2-]C.[CH2-]C.[Na+].[OH-].[Y].[Y].[Y].[Y]. The molecule has 0 aliphatic carbocycles. The second kappa shape index (κ2) is 53.3. The zero-order chi connectivity index (χ0) is 68.9. The van der Waals surface area contributed by atoms with Gasteiger partial charge in [-0.05, 0) is 147 Å². The predicted octanol–water partition coefficient (Wildman–Crippen LogP) is 14.1. The first-order valence-electron chi connectivity index (χ1n) is 26.4. The quantitative estimate of drug-likeness (QED) is 0.0540. The predicted molar refractivity (Wildman–Crippen MR) is 331 cm³/mol. The monoisotopic (exact) mass is 1600 g/mol. The van der Waals surface area contributed by atoms with Gasteiger partial charge >= 0.3 is 64.9 Å². The normalized spacial score (nSPS) is 9.28. The molecular formula is C68H79F6N6NaO8Y4-8. The number of carbonyl (C=O) groups excluding carboxylic acids is 1. The van der Waals surface area contributed by atoms with Crippen molar-refractivity contribution in [2.45, 2.75) is 158 Å². The molecule has 492 valence electrons. The number of pyridine rings is 4. The molecule has 0 bridgehead atoms. The standard InChI is InChI=1S/C14H15N2O2.C14H13N2.C14H14NO2.C14H16N.C2F6O.4C2H5.2CO.Na.H2O.4Y/c1-7-8(2)10(4)13-12(9(7)3)5-11(6-16-13)14(17)18-15;1-8-9(2)11(4)14-13(10(8)3)5-12(6-15)7-16-14;1-7-8(2)10(4)13-12(9(7)3)5-11(6-15-13)14(16)17;1-8-6-13-11(4)9(2)10(3)12(5)14(13)15-7-8;3-1(4,5)9-2(6,7)8;6*1-2;;;;;;/h6H,15H2,1-4H3;7H,1-4H3;6H,1-4H3,(H,16,17);7H,1-5H3;;4*1H2,2H3;;;;1H2;;;;/q4*-1;;4*-1;;;+1;;;;;/p-1. The van der Waals surface area contributed by atoms with Crippen LogP contribution in [0.3, 0.4) is 0 Å². The van der Waals surface area contributed by atoms with E-state index < -0.39 is 24.7 Å². The average Bonchev–Trinajstić information content (AvgIpc) is 0.857. The van der Waals surface area contributed by atoms with Crippen LogP contribution in [0.1, 0.15) is 149 Å². The van der Waals surface area contributed by atoms with Crippen molar-refractivity contribution >= 4 is 55.6 Å². The maximum atomic E-state index is 11.4. The van der Waals surface area contributed by atoms with Gasteiger partial charge in [-0.3, -0.25) is 9.59 Å². The summed E-state index contributed by atoms with van der Waals surface area (Å²) >= 11 is 0. The van der Waals surface area contributed by atoms with Gasteiger partial charge in [0, 0.05) is 131 Å². The van der Waals surface area contributed by atoms with Crippen molar-refractivity contribution in [3.8, 4) is 6.07 Å². The maximum absolute atomic E-state index is 11.4. The van der Waals surface area contributed by atoms with Crippen LogP contribution in [0.5, 0.6) is 0 Å². The van der Waals surface area contributed by atoms with Crippen molar-refractivity contribution in [1.29, 1.82) is 5.26 Å². The number of carboxylic acid groups (broad SMARTS) is 1. The van der Waals surface area contributed by atoms with Gasteiger partial charge in [-0.25, -0.2) is 5.26 Å². The summed E-state index contributed by atoms with van der Waals surface area (Å²) in [5, 5.41) is 21.6.